The van der Waals surface area contributed by atoms with Crippen LogP contribution in [0, 0.1) is 0 Å². The molecule has 0 spiro atoms. The topological polar surface area (TPSA) is 65.1 Å². The zero-order chi connectivity index (χ0) is 14.2. The summed E-state index contributed by atoms with van der Waals surface area (Å²) in [4.78, 5) is 12.3. The first-order valence-electron chi connectivity index (χ1n) is 6.90. The molecule has 0 bridgehead atoms. The first kappa shape index (κ1) is 14.1. The molecule has 1 aromatic carbocycles. The van der Waals surface area contributed by atoms with Gasteiger partial charge in [0, 0.05) is 26.1 Å². The highest BCUT2D eigenvalue weighted by atomic mass is 15.2. The summed E-state index contributed by atoms with van der Waals surface area (Å²) in [5.41, 5.74) is 2.08. The Balaban J connectivity index is 1.94. The third-order valence-corrected chi connectivity index (χ3v) is 2.82. The second kappa shape index (κ2) is 7.33. The van der Waals surface area contributed by atoms with Crippen molar-refractivity contribution in [1.29, 1.82) is 0 Å². The Hall–Kier alpha value is -2.30. The molecule has 0 saturated heterocycles. The van der Waals surface area contributed by atoms with Gasteiger partial charge in [-0.3, -0.25) is 4.99 Å². The molecule has 5 nitrogen and oxygen atoms in total. The minimum absolute atomic E-state index is 0.687. The van der Waals surface area contributed by atoms with Gasteiger partial charge in [0.15, 0.2) is 5.96 Å². The van der Waals surface area contributed by atoms with Crippen LogP contribution in [0.5, 0.6) is 0 Å². The highest BCUT2D eigenvalue weighted by Gasteiger charge is 2.01. The summed E-state index contributed by atoms with van der Waals surface area (Å²) in [6, 6.07) is 8.04. The molecule has 0 fully saturated rings. The summed E-state index contributed by atoms with van der Waals surface area (Å²) in [7, 11) is 0. The number of benzene rings is 1. The third-order valence-electron chi connectivity index (χ3n) is 2.82. The lowest BCUT2D eigenvalue weighted by molar-refractivity contribution is 0.837. The SMILES string of the molecule is C=CCNC(=NCCc1nc2ccccc2[nH]1)NCC. The van der Waals surface area contributed by atoms with Crippen molar-refractivity contribution in [1.82, 2.24) is 20.6 Å². The lowest BCUT2D eigenvalue weighted by Gasteiger charge is -2.08. The fraction of sp³-hybridized carbons (Fsp3) is 0.333. The molecule has 1 aromatic heterocycles. The maximum atomic E-state index is 4.54. The molecule has 2 rings (SSSR count). The summed E-state index contributed by atoms with van der Waals surface area (Å²) in [5, 5.41) is 6.36. The van der Waals surface area contributed by atoms with E-state index < -0.39 is 0 Å². The van der Waals surface area contributed by atoms with Crippen molar-refractivity contribution in [3.05, 3.63) is 42.7 Å². The molecule has 0 unspecified atom stereocenters. The summed E-state index contributed by atoms with van der Waals surface area (Å²) >= 11 is 0. The maximum Gasteiger partial charge on any atom is 0.191 e. The second-order valence-electron chi connectivity index (χ2n) is 4.38. The van der Waals surface area contributed by atoms with Gasteiger partial charge in [0.05, 0.1) is 11.0 Å². The lowest BCUT2D eigenvalue weighted by Crippen LogP contribution is -2.37. The molecule has 0 atom stereocenters. The summed E-state index contributed by atoms with van der Waals surface area (Å²) in [6.07, 6.45) is 2.60. The van der Waals surface area contributed by atoms with Crippen molar-refractivity contribution < 1.29 is 0 Å². The molecule has 3 N–H and O–H groups in total. The van der Waals surface area contributed by atoms with E-state index in [4.69, 9.17) is 0 Å². The molecule has 2 aromatic rings. The van der Waals surface area contributed by atoms with E-state index in [1.807, 2.05) is 37.3 Å². The molecule has 1 heterocycles. The van der Waals surface area contributed by atoms with Crippen LogP contribution in [0.4, 0.5) is 0 Å². The van der Waals surface area contributed by atoms with Crippen LogP contribution in [0.1, 0.15) is 12.7 Å². The van der Waals surface area contributed by atoms with Gasteiger partial charge in [0.1, 0.15) is 5.82 Å². The number of imidazole rings is 1. The van der Waals surface area contributed by atoms with Gasteiger partial charge in [-0.25, -0.2) is 4.98 Å². The molecule has 5 heteroatoms. The highest BCUT2D eigenvalue weighted by Crippen LogP contribution is 2.10. The molecule has 0 amide bonds. The predicted molar refractivity (Wildman–Crippen MR) is 84.0 cm³/mol. The molecule has 0 aliphatic rings. The van der Waals surface area contributed by atoms with Crippen molar-refractivity contribution in [3.8, 4) is 0 Å². The zero-order valence-electron chi connectivity index (χ0n) is 11.8. The first-order valence-corrected chi connectivity index (χ1v) is 6.90. The van der Waals surface area contributed by atoms with Crippen molar-refractivity contribution in [2.24, 2.45) is 4.99 Å². The quantitative estimate of drug-likeness (QED) is 0.427. The van der Waals surface area contributed by atoms with Crippen LogP contribution < -0.4 is 10.6 Å². The number of H-pyrrole nitrogens is 1. The monoisotopic (exact) mass is 271 g/mol. The Morgan fingerprint density at radius 2 is 2.25 bits per heavy atom. The minimum atomic E-state index is 0.687. The number of guanidine groups is 1. The van der Waals surface area contributed by atoms with Gasteiger partial charge >= 0.3 is 0 Å². The lowest BCUT2D eigenvalue weighted by atomic mass is 10.3. The number of aromatic amines is 1. The summed E-state index contributed by atoms with van der Waals surface area (Å²) in [5.74, 6) is 1.78. The molecule has 0 aliphatic heterocycles. The van der Waals surface area contributed by atoms with Gasteiger partial charge in [0.25, 0.3) is 0 Å². The van der Waals surface area contributed by atoms with Gasteiger partial charge in [-0.1, -0.05) is 18.2 Å². The van der Waals surface area contributed by atoms with Gasteiger partial charge in [0.2, 0.25) is 0 Å². The second-order valence-corrected chi connectivity index (χ2v) is 4.38. The van der Waals surface area contributed by atoms with Gasteiger partial charge in [-0.05, 0) is 19.1 Å². The molecule has 0 radical (unpaired) electrons. The van der Waals surface area contributed by atoms with Crippen LogP contribution in [0.2, 0.25) is 0 Å². The number of hydrogen-bond acceptors (Lipinski definition) is 2. The van der Waals surface area contributed by atoms with Crippen LogP contribution in [-0.4, -0.2) is 35.6 Å². The van der Waals surface area contributed by atoms with E-state index in [1.165, 1.54) is 0 Å². The average molecular weight is 271 g/mol. The Kier molecular flexibility index (Phi) is 5.17. The van der Waals surface area contributed by atoms with Crippen LogP contribution in [0.25, 0.3) is 11.0 Å². The van der Waals surface area contributed by atoms with E-state index in [9.17, 15) is 0 Å². The van der Waals surface area contributed by atoms with E-state index >= 15 is 0 Å². The van der Waals surface area contributed by atoms with Crippen LogP contribution in [0.3, 0.4) is 0 Å². The number of rotatable bonds is 6. The zero-order valence-corrected chi connectivity index (χ0v) is 11.8. The fourth-order valence-corrected chi connectivity index (χ4v) is 1.91. The maximum absolute atomic E-state index is 4.54. The smallest absolute Gasteiger partial charge is 0.191 e. The van der Waals surface area contributed by atoms with Gasteiger partial charge in [-0.2, -0.15) is 0 Å². The Morgan fingerprint density at radius 3 is 3.00 bits per heavy atom. The molecule has 0 saturated carbocycles. The summed E-state index contributed by atoms with van der Waals surface area (Å²) < 4.78 is 0. The van der Waals surface area contributed by atoms with E-state index in [-0.39, 0.29) is 0 Å². The van der Waals surface area contributed by atoms with Crippen molar-refractivity contribution in [2.75, 3.05) is 19.6 Å². The van der Waals surface area contributed by atoms with Crippen molar-refractivity contribution in [3.63, 3.8) is 0 Å². The van der Waals surface area contributed by atoms with Gasteiger partial charge in [-0.15, -0.1) is 6.58 Å². The van der Waals surface area contributed by atoms with E-state index in [0.717, 1.165) is 35.8 Å². The van der Waals surface area contributed by atoms with Crippen LogP contribution in [-0.2, 0) is 6.42 Å². The molecular formula is C15H21N5. The number of para-hydroxylation sites is 2. The van der Waals surface area contributed by atoms with E-state index in [1.54, 1.807) is 0 Å². The number of nitrogens with one attached hydrogen (secondary N) is 3. The molecule has 20 heavy (non-hydrogen) atoms. The Bertz CT molecular complexity index is 552. The van der Waals surface area contributed by atoms with Crippen molar-refractivity contribution in [2.45, 2.75) is 13.3 Å². The van der Waals surface area contributed by atoms with Gasteiger partial charge < -0.3 is 15.6 Å². The predicted octanol–water partition coefficient (Wildman–Crippen LogP) is 1.85. The third kappa shape index (κ3) is 3.85. The van der Waals surface area contributed by atoms with Crippen molar-refractivity contribution >= 4 is 17.0 Å². The average Bonchev–Trinajstić information content (AvgIpc) is 2.87. The minimum Gasteiger partial charge on any atom is -0.357 e. The fourth-order valence-electron chi connectivity index (χ4n) is 1.91. The molecular weight excluding hydrogens is 250 g/mol. The van der Waals surface area contributed by atoms with E-state index in [2.05, 4.69) is 32.2 Å². The number of fused-ring (bicyclic) bond motifs is 1. The standard InChI is InChI=1S/C15H21N5/c1-3-10-17-15(16-4-2)18-11-9-14-19-12-7-5-6-8-13(12)20-14/h3,5-8H,1,4,9-11H2,2H3,(H,19,20)(H2,16,17,18). The summed E-state index contributed by atoms with van der Waals surface area (Å²) in [6.45, 7) is 7.96. The Labute approximate surface area is 119 Å². The Morgan fingerprint density at radius 1 is 1.40 bits per heavy atom. The van der Waals surface area contributed by atoms with E-state index in [0.29, 0.717) is 13.1 Å². The normalized spacial score (nSPS) is 11.6. The number of nitrogens with zero attached hydrogens (tertiary/aromatic N) is 2. The number of aromatic nitrogens is 2. The highest BCUT2D eigenvalue weighted by molar-refractivity contribution is 5.79. The van der Waals surface area contributed by atoms with Crippen LogP contribution >= 0.6 is 0 Å². The largest absolute Gasteiger partial charge is 0.357 e. The van der Waals surface area contributed by atoms with Crippen LogP contribution in [0.15, 0.2) is 41.9 Å². The number of aliphatic imine (C=N–C) groups is 1. The number of hydrogen-bond donors (Lipinski definition) is 3. The molecule has 0 aliphatic carbocycles. The molecule has 106 valence electrons. The first-order chi connectivity index (χ1) is 9.83.